The minimum atomic E-state index is -0.916. The lowest BCUT2D eigenvalue weighted by atomic mass is 10.2. The number of aryl methyl sites for hydroxylation is 1. The normalized spacial score (nSPS) is 10.6. The molecule has 0 radical (unpaired) electrons. The van der Waals surface area contributed by atoms with Crippen LogP contribution in [-0.4, -0.2) is 15.9 Å². The quantitative estimate of drug-likeness (QED) is 0.788. The van der Waals surface area contributed by atoms with Gasteiger partial charge in [0.2, 0.25) is 0 Å². The first-order chi connectivity index (χ1) is 11.0. The number of hydrogen-bond acceptors (Lipinski definition) is 4. The Morgan fingerprint density at radius 2 is 2.04 bits per heavy atom. The first-order valence-corrected chi connectivity index (χ1v) is 7.51. The number of rotatable bonds is 3. The molecule has 2 heterocycles. The summed E-state index contributed by atoms with van der Waals surface area (Å²) in [5.41, 5.74) is 1.22. The zero-order valence-electron chi connectivity index (χ0n) is 12.0. The average Bonchev–Trinajstić information content (AvgIpc) is 2.88. The summed E-state index contributed by atoms with van der Waals surface area (Å²) in [6.07, 6.45) is 1.67. The minimum Gasteiger partial charge on any atom is -0.298 e. The standard InChI is InChI=1S/C16H11F2N3OS/c1-9-14(13-4-2-3-7-19-13)23-16(20-9)21-15(22)11-6-5-10(17)8-12(11)18/h2-8H,1H3,(H,20,21,22). The van der Waals surface area contributed by atoms with Gasteiger partial charge in [-0.3, -0.25) is 15.1 Å². The number of pyridine rings is 1. The zero-order valence-corrected chi connectivity index (χ0v) is 12.8. The Balaban J connectivity index is 1.85. The van der Waals surface area contributed by atoms with Crippen molar-refractivity contribution in [2.45, 2.75) is 6.92 Å². The van der Waals surface area contributed by atoms with Gasteiger partial charge in [-0.15, -0.1) is 0 Å². The molecule has 23 heavy (non-hydrogen) atoms. The van der Waals surface area contributed by atoms with Gasteiger partial charge in [0.15, 0.2) is 5.13 Å². The number of halogens is 2. The van der Waals surface area contributed by atoms with Crippen LogP contribution in [0.3, 0.4) is 0 Å². The van der Waals surface area contributed by atoms with Crippen LogP contribution in [-0.2, 0) is 0 Å². The van der Waals surface area contributed by atoms with Gasteiger partial charge in [-0.05, 0) is 31.2 Å². The fourth-order valence-corrected chi connectivity index (χ4v) is 2.96. The molecule has 0 saturated heterocycles. The van der Waals surface area contributed by atoms with Crippen molar-refractivity contribution in [2.75, 3.05) is 5.32 Å². The maximum atomic E-state index is 13.6. The number of benzene rings is 1. The Hall–Kier alpha value is -2.67. The van der Waals surface area contributed by atoms with Gasteiger partial charge in [-0.25, -0.2) is 13.8 Å². The van der Waals surface area contributed by atoms with E-state index in [0.29, 0.717) is 16.9 Å². The predicted octanol–water partition coefficient (Wildman–Crippen LogP) is 4.04. The molecule has 3 aromatic rings. The number of carbonyl (C=O) groups is 1. The van der Waals surface area contributed by atoms with Crippen LogP contribution < -0.4 is 5.32 Å². The Morgan fingerprint density at radius 3 is 2.74 bits per heavy atom. The van der Waals surface area contributed by atoms with Gasteiger partial charge < -0.3 is 0 Å². The van der Waals surface area contributed by atoms with E-state index in [9.17, 15) is 13.6 Å². The smallest absolute Gasteiger partial charge is 0.260 e. The van der Waals surface area contributed by atoms with Crippen molar-refractivity contribution in [3.05, 3.63) is 65.5 Å². The fourth-order valence-electron chi connectivity index (χ4n) is 2.02. The highest BCUT2D eigenvalue weighted by Gasteiger charge is 2.16. The first kappa shape index (κ1) is 15.2. The molecule has 1 N–H and O–H groups in total. The number of nitrogens with one attached hydrogen (secondary N) is 1. The summed E-state index contributed by atoms with van der Waals surface area (Å²) < 4.78 is 26.5. The van der Waals surface area contributed by atoms with Gasteiger partial charge in [0.25, 0.3) is 5.91 Å². The largest absolute Gasteiger partial charge is 0.298 e. The Labute approximate surface area is 134 Å². The van der Waals surface area contributed by atoms with Crippen LogP contribution in [0.4, 0.5) is 13.9 Å². The second kappa shape index (κ2) is 6.21. The second-order valence-electron chi connectivity index (χ2n) is 4.73. The van der Waals surface area contributed by atoms with E-state index in [1.807, 2.05) is 12.1 Å². The number of carbonyl (C=O) groups excluding carboxylic acids is 1. The summed E-state index contributed by atoms with van der Waals surface area (Å²) in [6.45, 7) is 1.80. The van der Waals surface area contributed by atoms with Crippen molar-refractivity contribution in [2.24, 2.45) is 0 Å². The Bertz CT molecular complexity index is 865. The van der Waals surface area contributed by atoms with Gasteiger partial charge in [-0.2, -0.15) is 0 Å². The molecule has 0 aliphatic carbocycles. The molecule has 0 saturated carbocycles. The molecule has 0 aliphatic rings. The van der Waals surface area contributed by atoms with Gasteiger partial charge in [-0.1, -0.05) is 17.4 Å². The molecule has 0 fully saturated rings. The van der Waals surface area contributed by atoms with Crippen molar-refractivity contribution in [3.8, 4) is 10.6 Å². The maximum Gasteiger partial charge on any atom is 0.260 e. The zero-order chi connectivity index (χ0) is 16.4. The topological polar surface area (TPSA) is 54.9 Å². The summed E-state index contributed by atoms with van der Waals surface area (Å²) in [4.78, 5) is 21.4. The molecule has 4 nitrogen and oxygen atoms in total. The van der Waals surface area contributed by atoms with Gasteiger partial charge in [0, 0.05) is 12.3 Å². The highest BCUT2D eigenvalue weighted by atomic mass is 32.1. The molecule has 1 amide bonds. The van der Waals surface area contributed by atoms with Gasteiger partial charge in [0.1, 0.15) is 11.6 Å². The van der Waals surface area contributed by atoms with Crippen LogP contribution in [0.15, 0.2) is 42.6 Å². The van der Waals surface area contributed by atoms with E-state index in [1.54, 1.807) is 19.2 Å². The van der Waals surface area contributed by atoms with Crippen molar-refractivity contribution >= 4 is 22.4 Å². The summed E-state index contributed by atoms with van der Waals surface area (Å²) in [6, 6.07) is 8.30. The number of nitrogens with zero attached hydrogens (tertiary/aromatic N) is 2. The third-order valence-corrected chi connectivity index (χ3v) is 4.19. The molecule has 0 atom stereocenters. The molecule has 0 bridgehead atoms. The summed E-state index contributed by atoms with van der Waals surface area (Å²) >= 11 is 1.24. The lowest BCUT2D eigenvalue weighted by molar-refractivity contribution is 0.102. The lowest BCUT2D eigenvalue weighted by Crippen LogP contribution is -2.13. The van der Waals surface area contributed by atoms with Crippen molar-refractivity contribution in [1.29, 1.82) is 0 Å². The summed E-state index contributed by atoms with van der Waals surface area (Å²) in [7, 11) is 0. The maximum absolute atomic E-state index is 13.6. The van der Waals surface area contributed by atoms with Crippen LogP contribution in [0.25, 0.3) is 10.6 Å². The Kier molecular flexibility index (Phi) is 4.12. The molecule has 0 unspecified atom stereocenters. The molecule has 0 spiro atoms. The fraction of sp³-hybridized carbons (Fsp3) is 0.0625. The van der Waals surface area contributed by atoms with E-state index in [-0.39, 0.29) is 5.56 Å². The van der Waals surface area contributed by atoms with Crippen molar-refractivity contribution < 1.29 is 13.6 Å². The number of hydrogen-bond donors (Lipinski definition) is 1. The molecule has 116 valence electrons. The molecule has 1 aromatic carbocycles. The SMILES string of the molecule is Cc1nc(NC(=O)c2ccc(F)cc2F)sc1-c1ccccn1. The molecular formula is C16H11F2N3OS. The van der Waals surface area contributed by atoms with E-state index in [4.69, 9.17) is 0 Å². The van der Waals surface area contributed by atoms with Crippen LogP contribution in [0.1, 0.15) is 16.1 Å². The predicted molar refractivity (Wildman–Crippen MR) is 84.4 cm³/mol. The molecule has 3 rings (SSSR count). The van der Waals surface area contributed by atoms with Crippen LogP contribution in [0, 0.1) is 18.6 Å². The average molecular weight is 331 g/mol. The molecule has 0 aliphatic heterocycles. The third kappa shape index (κ3) is 3.24. The molecule has 7 heteroatoms. The lowest BCUT2D eigenvalue weighted by Gasteiger charge is -2.02. The van der Waals surface area contributed by atoms with Crippen molar-refractivity contribution in [1.82, 2.24) is 9.97 Å². The summed E-state index contributed by atoms with van der Waals surface area (Å²) in [5.74, 6) is -2.33. The van der Waals surface area contributed by atoms with E-state index in [2.05, 4.69) is 15.3 Å². The summed E-state index contributed by atoms with van der Waals surface area (Å²) in [5, 5.41) is 2.86. The number of aromatic nitrogens is 2. The number of thiazole rings is 1. The van der Waals surface area contributed by atoms with Crippen LogP contribution in [0.2, 0.25) is 0 Å². The highest BCUT2D eigenvalue weighted by molar-refractivity contribution is 7.19. The Morgan fingerprint density at radius 1 is 1.22 bits per heavy atom. The minimum absolute atomic E-state index is 0.237. The second-order valence-corrected chi connectivity index (χ2v) is 5.73. The van der Waals surface area contributed by atoms with Gasteiger partial charge >= 0.3 is 0 Å². The monoisotopic (exact) mass is 331 g/mol. The number of amides is 1. The van der Waals surface area contributed by atoms with E-state index in [1.165, 1.54) is 11.3 Å². The van der Waals surface area contributed by atoms with Gasteiger partial charge in [0.05, 0.1) is 21.8 Å². The number of anilines is 1. The van der Waals surface area contributed by atoms with Crippen molar-refractivity contribution in [3.63, 3.8) is 0 Å². The van der Waals surface area contributed by atoms with E-state index in [0.717, 1.165) is 22.7 Å². The highest BCUT2D eigenvalue weighted by Crippen LogP contribution is 2.31. The third-order valence-electron chi connectivity index (χ3n) is 3.09. The van der Waals surface area contributed by atoms with E-state index < -0.39 is 17.5 Å². The van der Waals surface area contributed by atoms with Crippen LogP contribution in [0.5, 0.6) is 0 Å². The van der Waals surface area contributed by atoms with E-state index >= 15 is 0 Å². The molecular weight excluding hydrogens is 320 g/mol. The molecule has 2 aromatic heterocycles. The first-order valence-electron chi connectivity index (χ1n) is 6.70. The van der Waals surface area contributed by atoms with Crippen LogP contribution >= 0.6 is 11.3 Å².